The monoisotopic (exact) mass is 238 g/mol. The van der Waals surface area contributed by atoms with Crippen molar-refractivity contribution in [3.8, 4) is 5.75 Å². The third-order valence-corrected chi connectivity index (χ3v) is 1.63. The van der Waals surface area contributed by atoms with Gasteiger partial charge in [0.15, 0.2) is 0 Å². The van der Waals surface area contributed by atoms with Crippen LogP contribution in [0.25, 0.3) is 0 Å². The Labute approximate surface area is 87.9 Å². The van der Waals surface area contributed by atoms with E-state index in [1.54, 1.807) is 0 Å². The van der Waals surface area contributed by atoms with Crippen LogP contribution >= 0.6 is 12.6 Å². The lowest BCUT2D eigenvalue weighted by Crippen LogP contribution is -2.17. The standard InChI is InChI=1S/C8H5F3O3S/c9-8(10,11)14-5-1-4(7(12)13)2-6(15)3-5/h1-3,15H,(H,12,13). The summed E-state index contributed by atoms with van der Waals surface area (Å²) in [7, 11) is 0. The number of carbonyl (C=O) groups is 1. The van der Waals surface area contributed by atoms with Crippen LogP contribution in [0, 0.1) is 0 Å². The molecule has 0 fully saturated rings. The highest BCUT2D eigenvalue weighted by Gasteiger charge is 2.31. The predicted octanol–water partition coefficient (Wildman–Crippen LogP) is 2.57. The Morgan fingerprint density at radius 2 is 1.93 bits per heavy atom. The van der Waals surface area contributed by atoms with Crippen LogP contribution in [-0.2, 0) is 0 Å². The van der Waals surface area contributed by atoms with Gasteiger partial charge in [-0.3, -0.25) is 0 Å². The number of benzene rings is 1. The molecule has 7 heteroatoms. The maximum Gasteiger partial charge on any atom is 0.573 e. The maximum atomic E-state index is 11.8. The second-order valence-corrected chi connectivity index (χ2v) is 3.08. The summed E-state index contributed by atoms with van der Waals surface area (Å²) in [4.78, 5) is 10.6. The number of carboxylic acids is 1. The first kappa shape index (κ1) is 11.7. The van der Waals surface area contributed by atoms with Gasteiger partial charge in [-0.05, 0) is 18.2 Å². The number of hydrogen-bond donors (Lipinski definition) is 2. The molecule has 1 aromatic carbocycles. The van der Waals surface area contributed by atoms with Gasteiger partial charge in [-0.25, -0.2) is 4.79 Å². The SMILES string of the molecule is O=C(O)c1cc(S)cc(OC(F)(F)F)c1. The van der Waals surface area contributed by atoms with Gasteiger partial charge in [-0.15, -0.1) is 25.8 Å². The molecule has 1 aromatic rings. The molecule has 1 rings (SSSR count). The maximum absolute atomic E-state index is 11.8. The van der Waals surface area contributed by atoms with Crippen molar-refractivity contribution < 1.29 is 27.8 Å². The number of carboxylic acid groups (broad SMARTS) is 1. The Kier molecular flexibility index (Phi) is 3.13. The third-order valence-electron chi connectivity index (χ3n) is 1.37. The molecule has 0 spiro atoms. The highest BCUT2D eigenvalue weighted by molar-refractivity contribution is 7.80. The number of alkyl halides is 3. The fourth-order valence-electron chi connectivity index (χ4n) is 0.899. The number of halogens is 3. The number of thiol groups is 1. The summed E-state index contributed by atoms with van der Waals surface area (Å²) in [6.07, 6.45) is -4.85. The number of aromatic carboxylic acids is 1. The van der Waals surface area contributed by atoms with Crippen LogP contribution in [0.4, 0.5) is 13.2 Å². The van der Waals surface area contributed by atoms with Gasteiger partial charge in [0.2, 0.25) is 0 Å². The Morgan fingerprint density at radius 3 is 2.40 bits per heavy atom. The smallest absolute Gasteiger partial charge is 0.478 e. The van der Waals surface area contributed by atoms with Crippen LogP contribution in [-0.4, -0.2) is 17.4 Å². The van der Waals surface area contributed by atoms with E-state index in [0.29, 0.717) is 0 Å². The number of ether oxygens (including phenoxy) is 1. The van der Waals surface area contributed by atoms with E-state index >= 15 is 0 Å². The molecule has 0 heterocycles. The van der Waals surface area contributed by atoms with Crippen molar-refractivity contribution in [3.63, 3.8) is 0 Å². The van der Waals surface area contributed by atoms with E-state index in [2.05, 4.69) is 17.4 Å². The molecular weight excluding hydrogens is 233 g/mol. The summed E-state index contributed by atoms with van der Waals surface area (Å²) in [5, 5.41) is 8.56. The zero-order valence-corrected chi connectivity index (χ0v) is 7.97. The van der Waals surface area contributed by atoms with Gasteiger partial charge in [0.25, 0.3) is 0 Å². The van der Waals surface area contributed by atoms with E-state index < -0.39 is 18.1 Å². The lowest BCUT2D eigenvalue weighted by Gasteiger charge is -2.09. The highest BCUT2D eigenvalue weighted by atomic mass is 32.1. The van der Waals surface area contributed by atoms with Crippen molar-refractivity contribution in [2.45, 2.75) is 11.3 Å². The minimum absolute atomic E-state index is 0.0779. The van der Waals surface area contributed by atoms with Crippen LogP contribution in [0.3, 0.4) is 0 Å². The quantitative estimate of drug-likeness (QED) is 0.778. The molecule has 0 unspecified atom stereocenters. The van der Waals surface area contributed by atoms with Gasteiger partial charge in [0.05, 0.1) is 5.56 Å². The van der Waals surface area contributed by atoms with Crippen molar-refractivity contribution in [2.75, 3.05) is 0 Å². The van der Waals surface area contributed by atoms with E-state index in [9.17, 15) is 18.0 Å². The summed E-state index contributed by atoms with van der Waals surface area (Å²) in [5.74, 6) is -1.95. The Balaban J connectivity index is 3.04. The lowest BCUT2D eigenvalue weighted by molar-refractivity contribution is -0.274. The van der Waals surface area contributed by atoms with Crippen LogP contribution in [0.1, 0.15) is 10.4 Å². The second kappa shape index (κ2) is 4.01. The summed E-state index contributed by atoms with van der Waals surface area (Å²) < 4.78 is 39.0. The topological polar surface area (TPSA) is 46.5 Å². The zero-order valence-electron chi connectivity index (χ0n) is 7.08. The zero-order chi connectivity index (χ0) is 11.6. The molecule has 0 aliphatic carbocycles. The molecule has 1 N–H and O–H groups in total. The van der Waals surface area contributed by atoms with Crippen molar-refractivity contribution in [2.24, 2.45) is 0 Å². The molecule has 0 atom stereocenters. The summed E-state index contributed by atoms with van der Waals surface area (Å²) in [6, 6.07) is 2.87. The lowest BCUT2D eigenvalue weighted by atomic mass is 10.2. The van der Waals surface area contributed by atoms with E-state index in [4.69, 9.17) is 5.11 Å². The molecule has 82 valence electrons. The molecule has 0 saturated carbocycles. The second-order valence-electron chi connectivity index (χ2n) is 2.57. The van der Waals surface area contributed by atoms with Crippen LogP contribution < -0.4 is 4.74 Å². The van der Waals surface area contributed by atoms with Gasteiger partial charge in [-0.1, -0.05) is 0 Å². The molecule has 0 bridgehead atoms. The van der Waals surface area contributed by atoms with Gasteiger partial charge < -0.3 is 9.84 Å². The minimum atomic E-state index is -4.85. The van der Waals surface area contributed by atoms with Crippen molar-refractivity contribution in [1.82, 2.24) is 0 Å². The Hall–Kier alpha value is -1.37. The van der Waals surface area contributed by atoms with Gasteiger partial charge in [-0.2, -0.15) is 0 Å². The van der Waals surface area contributed by atoms with Crippen LogP contribution in [0.5, 0.6) is 5.75 Å². The normalized spacial score (nSPS) is 11.2. The average molecular weight is 238 g/mol. The van der Waals surface area contributed by atoms with Crippen LogP contribution in [0.15, 0.2) is 23.1 Å². The largest absolute Gasteiger partial charge is 0.573 e. The fraction of sp³-hybridized carbons (Fsp3) is 0.125. The van der Waals surface area contributed by atoms with Gasteiger partial charge in [0.1, 0.15) is 5.75 Å². The predicted molar refractivity (Wildman–Crippen MR) is 47.3 cm³/mol. The molecule has 15 heavy (non-hydrogen) atoms. The van der Waals surface area contributed by atoms with Crippen molar-refractivity contribution in [3.05, 3.63) is 23.8 Å². The molecular formula is C8H5F3O3S. The third kappa shape index (κ3) is 3.70. The first-order valence-corrected chi connectivity index (χ1v) is 4.06. The van der Waals surface area contributed by atoms with E-state index in [0.717, 1.165) is 18.2 Å². The average Bonchev–Trinajstić information content (AvgIpc) is 1.99. The first-order valence-electron chi connectivity index (χ1n) is 3.61. The van der Waals surface area contributed by atoms with Crippen LogP contribution in [0.2, 0.25) is 0 Å². The molecule has 0 amide bonds. The molecule has 0 saturated heterocycles. The molecule has 0 aliphatic rings. The van der Waals surface area contributed by atoms with E-state index in [1.807, 2.05) is 0 Å². The minimum Gasteiger partial charge on any atom is -0.478 e. The first-order chi connectivity index (χ1) is 6.78. The Bertz CT molecular complexity index is 389. The van der Waals surface area contributed by atoms with Crippen molar-refractivity contribution in [1.29, 1.82) is 0 Å². The summed E-state index contributed by atoms with van der Waals surface area (Å²) in [6.45, 7) is 0. The fourth-order valence-corrected chi connectivity index (χ4v) is 1.17. The molecule has 3 nitrogen and oxygen atoms in total. The van der Waals surface area contributed by atoms with Gasteiger partial charge in [0, 0.05) is 4.90 Å². The molecule has 0 aliphatic heterocycles. The number of hydrogen-bond acceptors (Lipinski definition) is 3. The molecule has 0 radical (unpaired) electrons. The van der Waals surface area contributed by atoms with E-state index in [1.165, 1.54) is 0 Å². The highest BCUT2D eigenvalue weighted by Crippen LogP contribution is 2.26. The summed E-state index contributed by atoms with van der Waals surface area (Å²) >= 11 is 3.76. The summed E-state index contributed by atoms with van der Waals surface area (Å²) in [5.41, 5.74) is -0.318. The van der Waals surface area contributed by atoms with Crippen molar-refractivity contribution >= 4 is 18.6 Å². The number of rotatable bonds is 2. The van der Waals surface area contributed by atoms with E-state index in [-0.39, 0.29) is 10.5 Å². The molecule has 0 aromatic heterocycles. The Morgan fingerprint density at radius 1 is 1.33 bits per heavy atom. The van der Waals surface area contributed by atoms with Gasteiger partial charge >= 0.3 is 12.3 Å².